The highest BCUT2D eigenvalue weighted by atomic mass is 35.5. The number of terminal acetylenes is 1. The third-order valence-corrected chi connectivity index (χ3v) is 3.45. The van der Waals surface area contributed by atoms with Crippen molar-refractivity contribution in [2.45, 2.75) is 32.2 Å². The Morgan fingerprint density at radius 2 is 2.00 bits per heavy atom. The summed E-state index contributed by atoms with van der Waals surface area (Å²) >= 11 is 11.7. The number of benzene rings is 1. The molecule has 0 spiro atoms. The monoisotopic (exact) mass is 283 g/mol. The van der Waals surface area contributed by atoms with Gasteiger partial charge in [-0.05, 0) is 25.0 Å². The first-order chi connectivity index (χ1) is 8.48. The van der Waals surface area contributed by atoms with Crippen LogP contribution in [0.3, 0.4) is 0 Å². The van der Waals surface area contributed by atoms with Gasteiger partial charge in [0, 0.05) is 16.8 Å². The van der Waals surface area contributed by atoms with Gasteiger partial charge in [-0.15, -0.1) is 6.42 Å². The fourth-order valence-electron chi connectivity index (χ4n) is 1.55. The van der Waals surface area contributed by atoms with E-state index in [1.54, 1.807) is 6.07 Å². The Labute approximate surface area is 118 Å². The SMILES string of the molecule is C#CC(CC)(CC)N=Cc1cc(Cl)cc(Cl)c1O. The number of phenols is 1. The van der Waals surface area contributed by atoms with Crippen molar-refractivity contribution in [2.75, 3.05) is 0 Å². The molecule has 0 amide bonds. The van der Waals surface area contributed by atoms with Gasteiger partial charge in [0.05, 0.1) is 5.02 Å². The molecule has 1 aromatic rings. The molecule has 4 heteroatoms. The molecule has 0 atom stereocenters. The molecule has 0 aliphatic heterocycles. The molecule has 0 aliphatic rings. The zero-order chi connectivity index (χ0) is 13.8. The van der Waals surface area contributed by atoms with Crippen molar-refractivity contribution in [1.82, 2.24) is 0 Å². The van der Waals surface area contributed by atoms with Crippen LogP contribution in [0.15, 0.2) is 17.1 Å². The summed E-state index contributed by atoms with van der Waals surface area (Å²) in [7, 11) is 0. The molecular formula is C14H15Cl2NO. The summed E-state index contributed by atoms with van der Waals surface area (Å²) in [6.45, 7) is 3.96. The Bertz CT molecular complexity index is 499. The third kappa shape index (κ3) is 3.19. The summed E-state index contributed by atoms with van der Waals surface area (Å²) in [5.74, 6) is 2.65. The van der Waals surface area contributed by atoms with Gasteiger partial charge < -0.3 is 5.11 Å². The topological polar surface area (TPSA) is 32.6 Å². The second-order valence-corrected chi connectivity index (χ2v) is 4.81. The van der Waals surface area contributed by atoms with E-state index < -0.39 is 5.54 Å². The van der Waals surface area contributed by atoms with Gasteiger partial charge in [0.25, 0.3) is 0 Å². The first-order valence-corrected chi connectivity index (χ1v) is 6.44. The molecule has 0 aromatic heterocycles. The molecule has 18 heavy (non-hydrogen) atoms. The molecule has 0 saturated carbocycles. The molecule has 0 bridgehead atoms. The standard InChI is InChI=1S/C14H15Cl2NO/c1-4-14(5-2,6-3)17-9-10-7-11(15)8-12(16)13(10)18/h1,7-9,18H,5-6H2,2-3H3. The quantitative estimate of drug-likeness (QED) is 0.648. The molecule has 96 valence electrons. The minimum atomic E-state index is -0.540. The lowest BCUT2D eigenvalue weighted by atomic mass is 9.95. The Kier molecular flexibility index (Phi) is 5.07. The van der Waals surface area contributed by atoms with Crippen LogP contribution in [0.2, 0.25) is 10.0 Å². The molecule has 0 radical (unpaired) electrons. The molecule has 0 heterocycles. The largest absolute Gasteiger partial charge is 0.506 e. The lowest BCUT2D eigenvalue weighted by molar-refractivity contribution is 0.474. The lowest BCUT2D eigenvalue weighted by Gasteiger charge is -2.19. The number of nitrogens with zero attached hydrogens (tertiary/aromatic N) is 1. The van der Waals surface area contributed by atoms with Crippen LogP contribution in [0.4, 0.5) is 0 Å². The van der Waals surface area contributed by atoms with E-state index in [1.165, 1.54) is 12.3 Å². The van der Waals surface area contributed by atoms with E-state index >= 15 is 0 Å². The number of rotatable bonds is 4. The van der Waals surface area contributed by atoms with Gasteiger partial charge in [0.15, 0.2) is 0 Å². The van der Waals surface area contributed by atoms with E-state index in [2.05, 4.69) is 10.9 Å². The zero-order valence-corrected chi connectivity index (χ0v) is 11.9. The van der Waals surface area contributed by atoms with E-state index in [0.29, 0.717) is 10.6 Å². The van der Waals surface area contributed by atoms with E-state index in [0.717, 1.165) is 12.8 Å². The van der Waals surface area contributed by atoms with Gasteiger partial charge in [0.2, 0.25) is 0 Å². The van der Waals surface area contributed by atoms with E-state index in [1.807, 2.05) is 13.8 Å². The van der Waals surface area contributed by atoms with E-state index in [-0.39, 0.29) is 10.8 Å². The van der Waals surface area contributed by atoms with Crippen LogP contribution in [0.1, 0.15) is 32.3 Å². The first kappa shape index (κ1) is 14.9. The van der Waals surface area contributed by atoms with Crippen molar-refractivity contribution in [1.29, 1.82) is 0 Å². The van der Waals surface area contributed by atoms with Crippen LogP contribution in [-0.4, -0.2) is 16.9 Å². The lowest BCUT2D eigenvalue weighted by Crippen LogP contribution is -2.21. The van der Waals surface area contributed by atoms with Gasteiger partial charge in [-0.1, -0.05) is 43.0 Å². The smallest absolute Gasteiger partial charge is 0.143 e. The second kappa shape index (κ2) is 6.13. The van der Waals surface area contributed by atoms with Crippen LogP contribution < -0.4 is 0 Å². The highest BCUT2D eigenvalue weighted by Crippen LogP contribution is 2.30. The summed E-state index contributed by atoms with van der Waals surface area (Å²) < 4.78 is 0. The maximum atomic E-state index is 9.80. The second-order valence-electron chi connectivity index (χ2n) is 3.97. The fraction of sp³-hybridized carbons (Fsp3) is 0.357. The van der Waals surface area contributed by atoms with Crippen LogP contribution in [0.25, 0.3) is 0 Å². The Morgan fingerprint density at radius 3 is 2.50 bits per heavy atom. The van der Waals surface area contributed by atoms with Crippen LogP contribution in [0.5, 0.6) is 5.75 Å². The zero-order valence-electron chi connectivity index (χ0n) is 10.4. The average Bonchev–Trinajstić information content (AvgIpc) is 2.37. The predicted octanol–water partition coefficient (Wildman–Crippen LogP) is 4.31. The maximum Gasteiger partial charge on any atom is 0.143 e. The van der Waals surface area contributed by atoms with Crippen molar-refractivity contribution in [3.05, 3.63) is 27.7 Å². The van der Waals surface area contributed by atoms with Gasteiger partial charge in [0.1, 0.15) is 11.3 Å². The summed E-state index contributed by atoms with van der Waals surface area (Å²) in [6.07, 6.45) is 8.50. The maximum absolute atomic E-state index is 9.80. The number of halogens is 2. The molecule has 0 aliphatic carbocycles. The van der Waals surface area contributed by atoms with E-state index in [4.69, 9.17) is 29.6 Å². The molecular weight excluding hydrogens is 269 g/mol. The third-order valence-electron chi connectivity index (χ3n) is 2.95. The number of hydrogen-bond donors (Lipinski definition) is 1. The van der Waals surface area contributed by atoms with E-state index in [9.17, 15) is 5.11 Å². The average molecular weight is 284 g/mol. The summed E-state index contributed by atoms with van der Waals surface area (Å²) in [5, 5.41) is 10.4. The molecule has 0 fully saturated rings. The van der Waals surface area contributed by atoms with Crippen molar-refractivity contribution < 1.29 is 5.11 Å². The molecule has 0 saturated heterocycles. The summed E-state index contributed by atoms with van der Waals surface area (Å²) in [4.78, 5) is 4.39. The first-order valence-electron chi connectivity index (χ1n) is 5.69. The van der Waals surface area contributed by atoms with Crippen molar-refractivity contribution >= 4 is 29.4 Å². The molecule has 1 aromatic carbocycles. The van der Waals surface area contributed by atoms with Crippen LogP contribution in [-0.2, 0) is 0 Å². The van der Waals surface area contributed by atoms with Crippen molar-refractivity contribution in [3.63, 3.8) is 0 Å². The number of aliphatic imine (C=N–C) groups is 1. The molecule has 1 rings (SSSR count). The predicted molar refractivity (Wildman–Crippen MR) is 77.9 cm³/mol. The molecule has 2 nitrogen and oxygen atoms in total. The highest BCUT2D eigenvalue weighted by Gasteiger charge is 2.20. The summed E-state index contributed by atoms with van der Waals surface area (Å²) in [6, 6.07) is 3.07. The Hall–Kier alpha value is -1.17. The number of phenolic OH excluding ortho intramolecular Hbond substituents is 1. The minimum absolute atomic E-state index is 0.0389. The molecule has 0 unspecified atom stereocenters. The van der Waals surface area contributed by atoms with Crippen molar-refractivity contribution in [2.24, 2.45) is 4.99 Å². The van der Waals surface area contributed by atoms with Crippen LogP contribution in [0, 0.1) is 12.3 Å². The minimum Gasteiger partial charge on any atom is -0.506 e. The number of aromatic hydroxyl groups is 1. The highest BCUT2D eigenvalue weighted by molar-refractivity contribution is 6.36. The van der Waals surface area contributed by atoms with Crippen LogP contribution >= 0.6 is 23.2 Å². The normalized spacial score (nSPS) is 11.7. The van der Waals surface area contributed by atoms with Gasteiger partial charge >= 0.3 is 0 Å². The Balaban J connectivity index is 3.15. The molecule has 1 N–H and O–H groups in total. The van der Waals surface area contributed by atoms with Crippen molar-refractivity contribution in [3.8, 4) is 18.1 Å². The van der Waals surface area contributed by atoms with Gasteiger partial charge in [-0.3, -0.25) is 4.99 Å². The van der Waals surface area contributed by atoms with Gasteiger partial charge in [-0.2, -0.15) is 0 Å². The van der Waals surface area contributed by atoms with Gasteiger partial charge in [-0.25, -0.2) is 0 Å². The fourth-order valence-corrected chi connectivity index (χ4v) is 2.06. The Morgan fingerprint density at radius 1 is 1.39 bits per heavy atom. The number of hydrogen-bond acceptors (Lipinski definition) is 2. The summed E-state index contributed by atoms with van der Waals surface area (Å²) in [5.41, 5.74) is -0.0738.